The molecule has 7 heteroatoms. The molecule has 0 saturated heterocycles. The average molecular weight is 395 g/mol. The van der Waals surface area contributed by atoms with Crippen LogP contribution in [-0.4, -0.2) is 28.9 Å². The highest BCUT2D eigenvalue weighted by Gasteiger charge is 2.13. The van der Waals surface area contributed by atoms with Crippen molar-refractivity contribution in [2.24, 2.45) is 0 Å². The lowest BCUT2D eigenvalue weighted by atomic mass is 10.1. The van der Waals surface area contributed by atoms with Crippen LogP contribution in [0.15, 0.2) is 53.9 Å². The maximum Gasteiger partial charge on any atom is 0.321 e. The lowest BCUT2D eigenvalue weighted by Crippen LogP contribution is -2.31. The van der Waals surface area contributed by atoms with Crippen molar-refractivity contribution in [1.82, 2.24) is 9.88 Å². The third-order valence-electron chi connectivity index (χ3n) is 4.19. The van der Waals surface area contributed by atoms with Crippen molar-refractivity contribution in [2.45, 2.75) is 20.4 Å². The Kier molecular flexibility index (Phi) is 6.06. The zero-order chi connectivity index (χ0) is 20.1. The first kappa shape index (κ1) is 19.6. The maximum atomic E-state index is 12.5. The molecule has 6 nitrogen and oxygen atoms in total. The minimum atomic E-state index is -0.236. The molecule has 3 amide bonds. The topological polar surface area (TPSA) is 74.3 Å². The van der Waals surface area contributed by atoms with E-state index in [-0.39, 0.29) is 11.9 Å². The first-order chi connectivity index (χ1) is 13.4. The number of aromatic nitrogens is 1. The van der Waals surface area contributed by atoms with E-state index in [1.807, 2.05) is 49.6 Å². The van der Waals surface area contributed by atoms with Crippen molar-refractivity contribution in [1.29, 1.82) is 0 Å². The van der Waals surface area contributed by atoms with Crippen LogP contribution in [-0.2, 0) is 6.54 Å². The van der Waals surface area contributed by atoms with Gasteiger partial charge in [0.25, 0.3) is 5.91 Å². The van der Waals surface area contributed by atoms with Gasteiger partial charge in [0.05, 0.1) is 17.2 Å². The molecule has 28 heavy (non-hydrogen) atoms. The number of benzene rings is 2. The molecule has 0 aliphatic heterocycles. The van der Waals surface area contributed by atoms with E-state index in [4.69, 9.17) is 0 Å². The number of nitrogens with zero attached hydrogens (tertiary/aromatic N) is 2. The largest absolute Gasteiger partial charge is 0.322 e. The van der Waals surface area contributed by atoms with Crippen molar-refractivity contribution >= 4 is 34.6 Å². The molecule has 0 fully saturated rings. The Morgan fingerprint density at radius 1 is 1.07 bits per heavy atom. The molecule has 1 aromatic heterocycles. The number of aryl methyl sites for hydroxylation is 2. The summed E-state index contributed by atoms with van der Waals surface area (Å²) < 4.78 is 0. The highest BCUT2D eigenvalue weighted by molar-refractivity contribution is 7.09. The molecule has 2 N–H and O–H groups in total. The molecule has 1 heterocycles. The van der Waals surface area contributed by atoms with Crippen LogP contribution in [0.3, 0.4) is 0 Å². The lowest BCUT2D eigenvalue weighted by molar-refractivity contribution is 0.102. The zero-order valence-corrected chi connectivity index (χ0v) is 16.8. The second-order valence-corrected chi connectivity index (χ2v) is 7.56. The number of carbonyl (C=O) groups is 2. The van der Waals surface area contributed by atoms with Gasteiger partial charge in [-0.05, 0) is 43.7 Å². The third-order valence-corrected chi connectivity index (χ3v) is 5.01. The summed E-state index contributed by atoms with van der Waals surface area (Å²) in [6, 6.07) is 14.2. The van der Waals surface area contributed by atoms with Crippen LogP contribution in [0.2, 0.25) is 0 Å². The maximum absolute atomic E-state index is 12.5. The number of thiazole rings is 1. The molecular weight excluding hydrogens is 372 g/mol. The highest BCUT2D eigenvalue weighted by Crippen LogP contribution is 2.21. The fraction of sp³-hybridized carbons (Fsp3) is 0.190. The van der Waals surface area contributed by atoms with Crippen LogP contribution >= 0.6 is 11.3 Å². The number of urea groups is 1. The van der Waals surface area contributed by atoms with E-state index in [1.165, 1.54) is 0 Å². The summed E-state index contributed by atoms with van der Waals surface area (Å²) in [5.74, 6) is -0.197. The number of carbonyl (C=O) groups excluding carboxylic acids is 2. The Hall–Kier alpha value is -3.19. The van der Waals surface area contributed by atoms with Crippen LogP contribution < -0.4 is 10.6 Å². The Labute approximate surface area is 168 Å². The molecule has 2 aromatic carbocycles. The van der Waals surface area contributed by atoms with Crippen LogP contribution in [0.5, 0.6) is 0 Å². The van der Waals surface area contributed by atoms with Gasteiger partial charge in [-0.1, -0.05) is 24.3 Å². The summed E-state index contributed by atoms with van der Waals surface area (Å²) in [6.07, 6.45) is 0. The third kappa shape index (κ3) is 4.95. The predicted molar refractivity (Wildman–Crippen MR) is 113 cm³/mol. The summed E-state index contributed by atoms with van der Waals surface area (Å²) in [6.45, 7) is 4.27. The molecule has 0 aliphatic rings. The summed E-state index contributed by atoms with van der Waals surface area (Å²) in [5, 5.41) is 8.68. The highest BCUT2D eigenvalue weighted by atomic mass is 32.1. The number of rotatable bonds is 5. The normalized spacial score (nSPS) is 10.4. The average Bonchev–Trinajstić information content (AvgIpc) is 3.09. The summed E-state index contributed by atoms with van der Waals surface area (Å²) in [7, 11) is 1.72. The van der Waals surface area contributed by atoms with E-state index in [9.17, 15) is 9.59 Å². The van der Waals surface area contributed by atoms with Crippen molar-refractivity contribution < 1.29 is 9.59 Å². The van der Waals surface area contributed by atoms with Crippen molar-refractivity contribution in [2.75, 3.05) is 17.7 Å². The van der Waals surface area contributed by atoms with Crippen molar-refractivity contribution in [3.63, 3.8) is 0 Å². The van der Waals surface area contributed by atoms with Gasteiger partial charge in [-0.25, -0.2) is 9.78 Å². The molecule has 0 saturated carbocycles. The molecule has 0 aliphatic carbocycles. The monoisotopic (exact) mass is 394 g/mol. The van der Waals surface area contributed by atoms with Gasteiger partial charge < -0.3 is 15.5 Å². The second kappa shape index (κ2) is 8.67. The van der Waals surface area contributed by atoms with Crippen LogP contribution in [0, 0.1) is 13.8 Å². The summed E-state index contributed by atoms with van der Waals surface area (Å²) in [4.78, 5) is 30.8. The zero-order valence-electron chi connectivity index (χ0n) is 16.0. The van der Waals surface area contributed by atoms with Gasteiger partial charge >= 0.3 is 6.03 Å². The Bertz CT molecular complexity index is 985. The number of hydrogen-bond acceptors (Lipinski definition) is 4. The smallest absolute Gasteiger partial charge is 0.321 e. The van der Waals surface area contributed by atoms with Gasteiger partial charge in [0, 0.05) is 29.4 Å². The van der Waals surface area contributed by atoms with Gasteiger partial charge in [0.1, 0.15) is 0 Å². The van der Waals surface area contributed by atoms with Crippen LogP contribution in [0.1, 0.15) is 26.6 Å². The molecule has 0 atom stereocenters. The van der Waals surface area contributed by atoms with Gasteiger partial charge in [-0.15, -0.1) is 11.3 Å². The first-order valence-electron chi connectivity index (χ1n) is 8.82. The van der Waals surface area contributed by atoms with Gasteiger partial charge in [-0.2, -0.15) is 0 Å². The van der Waals surface area contributed by atoms with E-state index < -0.39 is 0 Å². The molecule has 0 bridgehead atoms. The molecule has 0 radical (unpaired) electrons. The quantitative estimate of drug-likeness (QED) is 0.660. The lowest BCUT2D eigenvalue weighted by Gasteiger charge is -2.18. The number of hydrogen-bond donors (Lipinski definition) is 2. The van der Waals surface area contributed by atoms with Gasteiger partial charge in [0.15, 0.2) is 0 Å². The van der Waals surface area contributed by atoms with E-state index >= 15 is 0 Å². The molecule has 0 spiro atoms. The van der Waals surface area contributed by atoms with Gasteiger partial charge in [-0.3, -0.25) is 4.79 Å². The number of amides is 3. The Balaban J connectivity index is 1.67. The van der Waals surface area contributed by atoms with E-state index in [2.05, 4.69) is 15.6 Å². The van der Waals surface area contributed by atoms with Crippen molar-refractivity contribution in [3.05, 3.63) is 75.7 Å². The number of nitrogens with one attached hydrogen (secondary N) is 2. The van der Waals surface area contributed by atoms with Crippen LogP contribution in [0.25, 0.3) is 0 Å². The summed E-state index contributed by atoms with van der Waals surface area (Å²) in [5.41, 5.74) is 3.61. The first-order valence-corrected chi connectivity index (χ1v) is 9.70. The van der Waals surface area contributed by atoms with E-state index in [0.717, 1.165) is 16.3 Å². The SMILES string of the molecule is Cc1nc(CN(C)C(=O)Nc2cc(NC(=O)c3ccccc3)ccc2C)cs1. The molecule has 3 aromatic rings. The molecular formula is C21H22N4O2S. The fourth-order valence-corrected chi connectivity index (χ4v) is 3.24. The summed E-state index contributed by atoms with van der Waals surface area (Å²) >= 11 is 1.56. The standard InChI is InChI=1S/C21H22N4O2S/c1-14-9-10-17(23-20(26)16-7-5-4-6-8-16)11-19(14)24-21(27)25(3)12-18-13-28-15(2)22-18/h4-11,13H,12H2,1-3H3,(H,23,26)(H,24,27). The molecule has 0 unspecified atom stereocenters. The second-order valence-electron chi connectivity index (χ2n) is 6.49. The Morgan fingerprint density at radius 3 is 2.50 bits per heavy atom. The fourth-order valence-electron chi connectivity index (χ4n) is 2.63. The Morgan fingerprint density at radius 2 is 1.82 bits per heavy atom. The van der Waals surface area contributed by atoms with E-state index in [0.29, 0.717) is 23.5 Å². The molecule has 3 rings (SSSR count). The van der Waals surface area contributed by atoms with Gasteiger partial charge in [0.2, 0.25) is 0 Å². The van der Waals surface area contributed by atoms with E-state index in [1.54, 1.807) is 41.5 Å². The van der Waals surface area contributed by atoms with Crippen molar-refractivity contribution in [3.8, 4) is 0 Å². The molecule has 144 valence electrons. The predicted octanol–water partition coefficient (Wildman–Crippen LogP) is 4.68. The minimum absolute atomic E-state index is 0.197. The van der Waals surface area contributed by atoms with Crippen LogP contribution in [0.4, 0.5) is 16.2 Å². The number of anilines is 2. The minimum Gasteiger partial charge on any atom is -0.322 e.